The second-order valence-corrected chi connectivity index (χ2v) is 5.62. The molecular formula is C14H11F5N2O8. The molecule has 15 heteroatoms. The van der Waals surface area contributed by atoms with Crippen molar-refractivity contribution in [3.8, 4) is 5.75 Å². The van der Waals surface area contributed by atoms with Gasteiger partial charge in [-0.25, -0.2) is 9.59 Å². The minimum atomic E-state index is -6.01. The van der Waals surface area contributed by atoms with Crippen molar-refractivity contribution < 1.29 is 56.2 Å². The Bertz CT molecular complexity index is 841. The Morgan fingerprint density at radius 3 is 2.07 bits per heavy atom. The highest BCUT2D eigenvalue weighted by molar-refractivity contribution is 6.08. The molecule has 10 nitrogen and oxygen atoms in total. The number of hydrogen-bond donors (Lipinski definition) is 3. The number of carboxylic acids is 2. The highest BCUT2D eigenvalue weighted by Crippen LogP contribution is 2.37. The maximum Gasteiger partial charge on any atom is 0.456 e. The lowest BCUT2D eigenvalue weighted by Gasteiger charge is -2.22. The van der Waals surface area contributed by atoms with Gasteiger partial charge in [0.05, 0.1) is 4.92 Å². The number of nitro benzene ring substituents is 1. The third-order valence-electron chi connectivity index (χ3n) is 3.46. The largest absolute Gasteiger partial charge is 0.480 e. The summed E-state index contributed by atoms with van der Waals surface area (Å²) in [6.07, 6.45) is -6.01. The van der Waals surface area contributed by atoms with E-state index in [2.05, 4.69) is 4.74 Å². The van der Waals surface area contributed by atoms with Gasteiger partial charge < -0.3 is 20.3 Å². The van der Waals surface area contributed by atoms with Crippen molar-refractivity contribution in [1.29, 1.82) is 0 Å². The molecule has 0 saturated heterocycles. The molecule has 1 rings (SSSR count). The van der Waals surface area contributed by atoms with Crippen LogP contribution >= 0.6 is 0 Å². The van der Waals surface area contributed by atoms with Crippen LogP contribution in [-0.4, -0.2) is 57.2 Å². The van der Waals surface area contributed by atoms with Crippen LogP contribution in [0.1, 0.15) is 17.3 Å². The van der Waals surface area contributed by atoms with Crippen LogP contribution in [0, 0.1) is 10.1 Å². The van der Waals surface area contributed by atoms with Gasteiger partial charge in [-0.2, -0.15) is 22.0 Å². The summed E-state index contributed by atoms with van der Waals surface area (Å²) in [6.45, 7) is -1.74. The third kappa shape index (κ3) is 5.05. The van der Waals surface area contributed by atoms with Crippen molar-refractivity contribution in [2.24, 2.45) is 0 Å². The van der Waals surface area contributed by atoms with Crippen LogP contribution in [0.15, 0.2) is 18.2 Å². The zero-order chi connectivity index (χ0) is 22.8. The van der Waals surface area contributed by atoms with Crippen molar-refractivity contribution in [2.75, 3.05) is 6.61 Å². The Hall–Kier alpha value is -3.52. The molecule has 0 aliphatic heterocycles. The van der Waals surface area contributed by atoms with Gasteiger partial charge in [0.2, 0.25) is 5.54 Å². The quantitative estimate of drug-likeness (QED) is 0.244. The SMILES string of the molecule is CC(NC(=O)c1ccc([N+](=O)[O-])c(OCC(F)(F)C(F)(F)F)c1)(C(=O)O)C(=O)O. The molecule has 0 radical (unpaired) electrons. The van der Waals surface area contributed by atoms with E-state index in [-0.39, 0.29) is 0 Å². The van der Waals surface area contributed by atoms with E-state index in [0.717, 1.165) is 0 Å². The van der Waals surface area contributed by atoms with Gasteiger partial charge in [-0.1, -0.05) is 0 Å². The third-order valence-corrected chi connectivity index (χ3v) is 3.46. The van der Waals surface area contributed by atoms with E-state index in [1.165, 1.54) is 0 Å². The van der Waals surface area contributed by atoms with Gasteiger partial charge in [-0.3, -0.25) is 14.9 Å². The topological polar surface area (TPSA) is 156 Å². The lowest BCUT2D eigenvalue weighted by atomic mass is 10.0. The van der Waals surface area contributed by atoms with Gasteiger partial charge in [0.1, 0.15) is 0 Å². The van der Waals surface area contributed by atoms with Crippen LogP contribution in [0.25, 0.3) is 0 Å². The molecule has 0 spiro atoms. The molecule has 0 saturated carbocycles. The van der Waals surface area contributed by atoms with Crippen molar-refractivity contribution in [3.05, 3.63) is 33.9 Å². The van der Waals surface area contributed by atoms with Crippen LogP contribution in [0.5, 0.6) is 5.75 Å². The first-order valence-corrected chi connectivity index (χ1v) is 7.18. The van der Waals surface area contributed by atoms with Gasteiger partial charge in [-0.05, 0) is 13.0 Å². The van der Waals surface area contributed by atoms with Crippen LogP contribution in [0.3, 0.4) is 0 Å². The summed E-state index contributed by atoms with van der Waals surface area (Å²) in [5.74, 6) is -11.9. The van der Waals surface area contributed by atoms with E-state index < -0.39 is 64.0 Å². The standard InChI is InChI=1S/C14H11F5N2O8/c1-12(10(23)24,11(25)26)20-9(22)6-2-3-7(21(27)28)8(4-6)29-5-13(15,16)14(17,18)19/h2-4H,5H2,1H3,(H,20,22)(H,23,24)(H,25,26). The second-order valence-electron chi connectivity index (χ2n) is 5.62. The number of nitrogens with one attached hydrogen (secondary N) is 1. The first-order valence-electron chi connectivity index (χ1n) is 7.18. The van der Waals surface area contributed by atoms with Crippen molar-refractivity contribution in [3.63, 3.8) is 0 Å². The number of rotatable bonds is 8. The summed E-state index contributed by atoms with van der Waals surface area (Å²) < 4.78 is 66.7. The first-order chi connectivity index (χ1) is 13.0. The Morgan fingerprint density at radius 2 is 1.66 bits per heavy atom. The van der Waals surface area contributed by atoms with Gasteiger partial charge in [0, 0.05) is 17.7 Å². The lowest BCUT2D eigenvalue weighted by molar-refractivity contribution is -0.386. The fraction of sp³-hybridized carbons (Fsp3) is 0.357. The average molecular weight is 430 g/mol. The highest BCUT2D eigenvalue weighted by Gasteiger charge is 2.58. The second kappa shape index (κ2) is 7.84. The molecule has 1 amide bonds. The molecule has 29 heavy (non-hydrogen) atoms. The number of ether oxygens (including phenoxy) is 1. The van der Waals surface area contributed by atoms with E-state index in [1.807, 2.05) is 0 Å². The number of aliphatic carboxylic acids is 2. The summed E-state index contributed by atoms with van der Waals surface area (Å²) >= 11 is 0. The molecule has 0 unspecified atom stereocenters. The Morgan fingerprint density at radius 1 is 1.14 bits per heavy atom. The summed E-state index contributed by atoms with van der Waals surface area (Å²) in [5, 5.41) is 30.3. The highest BCUT2D eigenvalue weighted by atomic mass is 19.4. The number of carbonyl (C=O) groups excluding carboxylic acids is 1. The number of carboxylic acid groups (broad SMARTS) is 2. The summed E-state index contributed by atoms with van der Waals surface area (Å²) in [5.41, 5.74) is -4.60. The zero-order valence-electron chi connectivity index (χ0n) is 14.1. The van der Waals surface area contributed by atoms with Gasteiger partial charge >= 0.3 is 29.7 Å². The van der Waals surface area contributed by atoms with E-state index >= 15 is 0 Å². The number of carbonyl (C=O) groups is 3. The predicted molar refractivity (Wildman–Crippen MR) is 80.7 cm³/mol. The minimum absolute atomic E-state index is 0.393. The van der Waals surface area contributed by atoms with Crippen molar-refractivity contribution >= 4 is 23.5 Å². The first kappa shape index (κ1) is 23.5. The fourth-order valence-electron chi connectivity index (χ4n) is 1.67. The van der Waals surface area contributed by atoms with Crippen LogP contribution in [0.4, 0.5) is 27.6 Å². The number of halogens is 5. The lowest BCUT2D eigenvalue weighted by Crippen LogP contribution is -2.57. The molecule has 160 valence electrons. The number of nitro groups is 1. The van der Waals surface area contributed by atoms with Crippen molar-refractivity contribution in [2.45, 2.75) is 24.6 Å². The van der Waals surface area contributed by atoms with Gasteiger partial charge in [-0.15, -0.1) is 0 Å². The Labute approximate surface area is 157 Å². The fourth-order valence-corrected chi connectivity index (χ4v) is 1.67. The number of alkyl halides is 5. The molecule has 0 heterocycles. The van der Waals surface area contributed by atoms with Crippen molar-refractivity contribution in [1.82, 2.24) is 5.32 Å². The molecule has 1 aromatic carbocycles. The summed E-state index contributed by atoms with van der Waals surface area (Å²) in [4.78, 5) is 43.9. The molecule has 0 aliphatic rings. The maximum absolute atomic E-state index is 13.0. The molecule has 1 aromatic rings. The smallest absolute Gasteiger partial charge is 0.456 e. The average Bonchev–Trinajstić information content (AvgIpc) is 2.58. The van der Waals surface area contributed by atoms with Crippen LogP contribution < -0.4 is 10.1 Å². The summed E-state index contributed by atoms with van der Waals surface area (Å²) in [6, 6.07) is 1.60. The monoisotopic (exact) mass is 430 g/mol. The van der Waals surface area contributed by atoms with E-state index in [4.69, 9.17) is 10.2 Å². The maximum atomic E-state index is 13.0. The van der Waals surface area contributed by atoms with E-state index in [1.54, 1.807) is 5.32 Å². The molecule has 3 N–H and O–H groups in total. The normalized spacial score (nSPS) is 12.2. The molecule has 0 fully saturated rings. The zero-order valence-corrected chi connectivity index (χ0v) is 14.1. The number of amides is 1. The van der Waals surface area contributed by atoms with E-state index in [0.29, 0.717) is 25.1 Å². The molecule has 0 bridgehead atoms. The van der Waals surface area contributed by atoms with E-state index in [9.17, 15) is 46.5 Å². The number of benzene rings is 1. The van der Waals surface area contributed by atoms with Gasteiger partial charge in [0.15, 0.2) is 12.4 Å². The molecule has 0 aromatic heterocycles. The molecule has 0 aliphatic carbocycles. The predicted octanol–water partition coefficient (Wildman–Crippen LogP) is 1.83. The van der Waals surface area contributed by atoms with Crippen LogP contribution in [-0.2, 0) is 9.59 Å². The van der Waals surface area contributed by atoms with Gasteiger partial charge in [0.25, 0.3) is 5.91 Å². The van der Waals surface area contributed by atoms with Crippen LogP contribution in [0.2, 0.25) is 0 Å². The Balaban J connectivity index is 3.25. The molecular weight excluding hydrogens is 419 g/mol. The number of nitrogens with zero attached hydrogens (tertiary/aromatic N) is 1. The summed E-state index contributed by atoms with van der Waals surface area (Å²) in [7, 11) is 0. The Kier molecular flexibility index (Phi) is 6.36. The molecule has 0 atom stereocenters. The minimum Gasteiger partial charge on any atom is -0.480 e. The number of hydrogen-bond acceptors (Lipinski definition) is 6.